The van der Waals surface area contributed by atoms with Crippen molar-refractivity contribution in [2.45, 2.75) is 6.92 Å². The first kappa shape index (κ1) is 14.8. The van der Waals surface area contributed by atoms with Gasteiger partial charge in [-0.3, -0.25) is 4.79 Å². The summed E-state index contributed by atoms with van der Waals surface area (Å²) in [5.74, 6) is -0.0810. The maximum Gasteiger partial charge on any atom is 0.260 e. The maximum atomic E-state index is 13.3. The molecule has 0 aliphatic rings. The molecule has 110 valence electrons. The van der Waals surface area contributed by atoms with E-state index in [0.29, 0.717) is 29.2 Å². The van der Waals surface area contributed by atoms with Crippen molar-refractivity contribution in [2.24, 2.45) is 0 Å². The van der Waals surface area contributed by atoms with Crippen LogP contribution in [0.25, 0.3) is 0 Å². The van der Waals surface area contributed by atoms with E-state index in [-0.39, 0.29) is 11.7 Å². The summed E-state index contributed by atoms with van der Waals surface area (Å²) in [5, 5.41) is 0. The molecule has 0 aromatic heterocycles. The molecule has 21 heavy (non-hydrogen) atoms. The molecule has 0 saturated heterocycles. The molecular weight excluding hydrogens is 271 g/mol. The SMILES string of the molecule is CCN(C(=O)c1ccc(OC)cc1N)c1cccc(F)c1. The third-order valence-corrected chi connectivity index (χ3v) is 3.17. The molecule has 0 unspecified atom stereocenters. The van der Waals surface area contributed by atoms with E-state index in [0.717, 1.165) is 0 Å². The molecule has 4 nitrogen and oxygen atoms in total. The highest BCUT2D eigenvalue weighted by Gasteiger charge is 2.19. The fraction of sp³-hybridized carbons (Fsp3) is 0.188. The number of nitrogens with two attached hydrogens (primary N) is 1. The number of nitrogen functional groups attached to an aromatic ring is 1. The molecule has 2 aromatic carbocycles. The molecule has 0 atom stereocenters. The zero-order valence-corrected chi connectivity index (χ0v) is 12.0. The van der Waals surface area contributed by atoms with Crippen molar-refractivity contribution in [2.75, 3.05) is 24.3 Å². The predicted octanol–water partition coefficient (Wildman–Crippen LogP) is 3.08. The van der Waals surface area contributed by atoms with Crippen molar-refractivity contribution in [3.63, 3.8) is 0 Å². The van der Waals surface area contributed by atoms with Crippen LogP contribution in [-0.4, -0.2) is 19.6 Å². The third-order valence-electron chi connectivity index (χ3n) is 3.17. The van der Waals surface area contributed by atoms with E-state index in [9.17, 15) is 9.18 Å². The van der Waals surface area contributed by atoms with Crippen molar-refractivity contribution in [3.8, 4) is 5.75 Å². The minimum absolute atomic E-state index is 0.275. The number of nitrogens with zero attached hydrogens (tertiary/aromatic N) is 1. The summed E-state index contributed by atoms with van der Waals surface area (Å²) in [6, 6.07) is 10.8. The molecule has 2 aromatic rings. The van der Waals surface area contributed by atoms with Gasteiger partial charge in [-0.1, -0.05) is 6.07 Å². The minimum atomic E-state index is -0.388. The first-order valence-electron chi connectivity index (χ1n) is 6.57. The summed E-state index contributed by atoms with van der Waals surface area (Å²) in [7, 11) is 1.53. The van der Waals surface area contributed by atoms with Gasteiger partial charge < -0.3 is 15.4 Å². The van der Waals surface area contributed by atoms with Crippen molar-refractivity contribution in [1.82, 2.24) is 0 Å². The summed E-state index contributed by atoms with van der Waals surface area (Å²) in [6.07, 6.45) is 0. The lowest BCUT2D eigenvalue weighted by Crippen LogP contribution is -2.31. The van der Waals surface area contributed by atoms with E-state index < -0.39 is 0 Å². The summed E-state index contributed by atoms with van der Waals surface area (Å²) < 4.78 is 18.4. The van der Waals surface area contributed by atoms with E-state index >= 15 is 0 Å². The molecular formula is C16H17FN2O2. The van der Waals surface area contributed by atoms with Gasteiger partial charge in [0.1, 0.15) is 11.6 Å². The topological polar surface area (TPSA) is 55.6 Å². The van der Waals surface area contributed by atoms with Gasteiger partial charge in [0.15, 0.2) is 0 Å². The van der Waals surface area contributed by atoms with E-state index in [4.69, 9.17) is 10.5 Å². The largest absolute Gasteiger partial charge is 0.497 e. The quantitative estimate of drug-likeness (QED) is 0.880. The first-order chi connectivity index (χ1) is 10.1. The number of benzene rings is 2. The van der Waals surface area contributed by atoms with Crippen LogP contribution in [0, 0.1) is 5.82 Å². The summed E-state index contributed by atoms with van der Waals surface area (Å²) in [4.78, 5) is 14.1. The van der Waals surface area contributed by atoms with Crippen LogP contribution in [-0.2, 0) is 0 Å². The lowest BCUT2D eigenvalue weighted by atomic mass is 10.1. The normalized spacial score (nSPS) is 10.2. The first-order valence-corrected chi connectivity index (χ1v) is 6.57. The zero-order valence-electron chi connectivity index (χ0n) is 12.0. The Morgan fingerprint density at radius 3 is 2.62 bits per heavy atom. The van der Waals surface area contributed by atoms with Gasteiger partial charge in [-0.25, -0.2) is 4.39 Å². The Morgan fingerprint density at radius 2 is 2.05 bits per heavy atom. The van der Waals surface area contributed by atoms with Crippen LogP contribution in [0.4, 0.5) is 15.8 Å². The molecule has 1 amide bonds. The van der Waals surface area contributed by atoms with Gasteiger partial charge in [0.05, 0.1) is 12.7 Å². The van der Waals surface area contributed by atoms with Crippen LogP contribution in [0.1, 0.15) is 17.3 Å². The van der Waals surface area contributed by atoms with Gasteiger partial charge in [0, 0.05) is 24.0 Å². The Hall–Kier alpha value is -2.56. The molecule has 0 aliphatic carbocycles. The Kier molecular flexibility index (Phi) is 4.42. The lowest BCUT2D eigenvalue weighted by Gasteiger charge is -2.22. The number of carbonyl (C=O) groups is 1. The second-order valence-corrected chi connectivity index (χ2v) is 4.48. The number of hydrogen-bond donors (Lipinski definition) is 1. The summed E-state index contributed by atoms with van der Waals surface area (Å²) in [6.45, 7) is 2.23. The molecule has 0 spiro atoms. The van der Waals surface area contributed by atoms with Gasteiger partial charge in [0.2, 0.25) is 0 Å². The summed E-state index contributed by atoms with van der Waals surface area (Å²) in [5.41, 5.74) is 7.09. The Labute approximate surface area is 122 Å². The molecule has 0 aliphatic heterocycles. The molecule has 0 saturated carbocycles. The van der Waals surface area contributed by atoms with Crippen LogP contribution < -0.4 is 15.4 Å². The number of anilines is 2. The van der Waals surface area contributed by atoms with E-state index in [1.807, 2.05) is 6.92 Å². The monoisotopic (exact) mass is 288 g/mol. The van der Waals surface area contributed by atoms with Gasteiger partial charge in [-0.15, -0.1) is 0 Å². The predicted molar refractivity (Wildman–Crippen MR) is 81.2 cm³/mol. The molecule has 0 fully saturated rings. The number of methoxy groups -OCH3 is 1. The van der Waals surface area contributed by atoms with E-state index in [1.165, 1.54) is 24.1 Å². The molecule has 5 heteroatoms. The summed E-state index contributed by atoms with van der Waals surface area (Å²) >= 11 is 0. The molecule has 0 heterocycles. The maximum absolute atomic E-state index is 13.3. The molecule has 2 rings (SSSR count). The van der Waals surface area contributed by atoms with Crippen molar-refractivity contribution in [3.05, 3.63) is 53.8 Å². The Bertz CT molecular complexity index is 658. The fourth-order valence-electron chi connectivity index (χ4n) is 2.10. The van der Waals surface area contributed by atoms with E-state index in [1.54, 1.807) is 30.3 Å². The smallest absolute Gasteiger partial charge is 0.260 e. The second-order valence-electron chi connectivity index (χ2n) is 4.48. The number of amides is 1. The minimum Gasteiger partial charge on any atom is -0.497 e. The van der Waals surface area contributed by atoms with Crippen LogP contribution in [0.2, 0.25) is 0 Å². The standard InChI is InChI=1S/C16H17FN2O2/c1-3-19(12-6-4-5-11(17)9-12)16(20)14-8-7-13(21-2)10-15(14)18/h4-10H,3,18H2,1-2H3. The number of rotatable bonds is 4. The molecule has 0 bridgehead atoms. The van der Waals surface area contributed by atoms with Crippen molar-refractivity contribution in [1.29, 1.82) is 0 Å². The molecule has 2 N–H and O–H groups in total. The highest BCUT2D eigenvalue weighted by Crippen LogP contribution is 2.24. The second kappa shape index (κ2) is 6.26. The average molecular weight is 288 g/mol. The fourth-order valence-corrected chi connectivity index (χ4v) is 2.10. The van der Waals surface area contributed by atoms with Crippen molar-refractivity contribution < 1.29 is 13.9 Å². The number of halogens is 1. The van der Waals surface area contributed by atoms with E-state index in [2.05, 4.69) is 0 Å². The number of carbonyl (C=O) groups excluding carboxylic acids is 1. The highest BCUT2D eigenvalue weighted by molar-refractivity contribution is 6.09. The van der Waals surface area contributed by atoms with Crippen molar-refractivity contribution >= 4 is 17.3 Å². The number of ether oxygens (including phenoxy) is 1. The van der Waals surface area contributed by atoms with Gasteiger partial charge >= 0.3 is 0 Å². The van der Waals surface area contributed by atoms with Crippen LogP contribution in [0.15, 0.2) is 42.5 Å². The third kappa shape index (κ3) is 3.13. The Balaban J connectivity index is 2.37. The number of hydrogen-bond acceptors (Lipinski definition) is 3. The highest BCUT2D eigenvalue weighted by atomic mass is 19.1. The Morgan fingerprint density at radius 1 is 1.29 bits per heavy atom. The van der Waals surface area contributed by atoms with Crippen LogP contribution in [0.3, 0.4) is 0 Å². The zero-order chi connectivity index (χ0) is 15.4. The van der Waals surface area contributed by atoms with Gasteiger partial charge in [-0.2, -0.15) is 0 Å². The van der Waals surface area contributed by atoms with Crippen LogP contribution >= 0.6 is 0 Å². The molecule has 0 radical (unpaired) electrons. The van der Waals surface area contributed by atoms with Crippen LogP contribution in [0.5, 0.6) is 5.75 Å². The lowest BCUT2D eigenvalue weighted by molar-refractivity contribution is 0.0989. The van der Waals surface area contributed by atoms with Gasteiger partial charge in [-0.05, 0) is 37.3 Å². The average Bonchev–Trinajstić information content (AvgIpc) is 2.47. The van der Waals surface area contributed by atoms with Gasteiger partial charge in [0.25, 0.3) is 5.91 Å².